The fourth-order valence-corrected chi connectivity index (χ4v) is 3.06. The van der Waals surface area contributed by atoms with Crippen LogP contribution in [0.25, 0.3) is 0 Å². The summed E-state index contributed by atoms with van der Waals surface area (Å²) in [4.78, 5) is 0. The van der Waals surface area contributed by atoms with E-state index in [9.17, 15) is 5.11 Å². The van der Waals surface area contributed by atoms with Crippen LogP contribution in [0.1, 0.15) is 44.7 Å². The first-order valence-electron chi connectivity index (χ1n) is 6.10. The van der Waals surface area contributed by atoms with Crippen molar-refractivity contribution in [1.29, 1.82) is 0 Å². The van der Waals surface area contributed by atoms with E-state index >= 15 is 0 Å². The number of hydrogen-bond donors (Lipinski definition) is 1. The summed E-state index contributed by atoms with van der Waals surface area (Å²) >= 11 is 0. The van der Waals surface area contributed by atoms with E-state index in [0.29, 0.717) is 0 Å². The summed E-state index contributed by atoms with van der Waals surface area (Å²) in [5.74, 6) is 0. The van der Waals surface area contributed by atoms with Gasteiger partial charge in [-0.15, -0.1) is 0 Å². The molecule has 1 nitrogen and oxygen atoms in total. The Balaban J connectivity index is 2.42. The molecule has 2 rings (SSSR count). The van der Waals surface area contributed by atoms with Gasteiger partial charge in [0.1, 0.15) is 0 Å². The summed E-state index contributed by atoms with van der Waals surface area (Å²) < 4.78 is 0. The largest absolute Gasteiger partial charge is 0.393 e. The molecule has 1 aromatic carbocycles. The first-order chi connectivity index (χ1) is 7.35. The van der Waals surface area contributed by atoms with Crippen molar-refractivity contribution in [3.05, 3.63) is 35.4 Å². The van der Waals surface area contributed by atoms with Crippen LogP contribution in [0.15, 0.2) is 24.3 Å². The van der Waals surface area contributed by atoms with Gasteiger partial charge in [-0.25, -0.2) is 0 Å². The summed E-state index contributed by atoms with van der Waals surface area (Å²) in [6.07, 6.45) is 1.63. The maximum atomic E-state index is 9.92. The van der Waals surface area contributed by atoms with Crippen LogP contribution in [0.3, 0.4) is 0 Å². The fourth-order valence-electron chi connectivity index (χ4n) is 3.06. The van der Waals surface area contributed by atoms with E-state index in [1.165, 1.54) is 11.1 Å². The third kappa shape index (κ3) is 1.67. The smallest absolute Gasteiger partial charge is 0.0554 e. The summed E-state index contributed by atoms with van der Waals surface area (Å²) in [6, 6.07) is 8.77. The van der Waals surface area contributed by atoms with Gasteiger partial charge in [-0.2, -0.15) is 0 Å². The van der Waals surface area contributed by atoms with Gasteiger partial charge >= 0.3 is 0 Å². The zero-order valence-corrected chi connectivity index (χ0v) is 10.7. The Hall–Kier alpha value is -0.820. The van der Waals surface area contributed by atoms with Crippen molar-refractivity contribution in [2.75, 3.05) is 0 Å². The molecule has 0 aromatic heterocycles. The van der Waals surface area contributed by atoms with Crippen LogP contribution in [-0.2, 0) is 5.41 Å². The van der Waals surface area contributed by atoms with Gasteiger partial charge in [0.15, 0.2) is 0 Å². The molecule has 2 atom stereocenters. The van der Waals surface area contributed by atoms with Gasteiger partial charge in [-0.05, 0) is 30.7 Å². The van der Waals surface area contributed by atoms with E-state index < -0.39 is 0 Å². The third-order valence-electron chi connectivity index (χ3n) is 4.57. The van der Waals surface area contributed by atoms with Crippen molar-refractivity contribution in [3.63, 3.8) is 0 Å². The number of hydrogen-bond acceptors (Lipinski definition) is 1. The highest BCUT2D eigenvalue weighted by atomic mass is 16.3. The molecule has 0 unspecified atom stereocenters. The maximum absolute atomic E-state index is 9.92. The van der Waals surface area contributed by atoms with Crippen molar-refractivity contribution in [2.45, 2.75) is 52.1 Å². The quantitative estimate of drug-likeness (QED) is 0.765. The number of benzene rings is 1. The fraction of sp³-hybridized carbons (Fsp3) is 0.600. The van der Waals surface area contributed by atoms with Crippen LogP contribution in [0.4, 0.5) is 0 Å². The van der Waals surface area contributed by atoms with Crippen LogP contribution in [-0.4, -0.2) is 11.2 Å². The van der Waals surface area contributed by atoms with E-state index in [-0.39, 0.29) is 16.9 Å². The lowest BCUT2D eigenvalue weighted by Crippen LogP contribution is -2.33. The maximum Gasteiger partial charge on any atom is 0.0554 e. The highest BCUT2D eigenvalue weighted by molar-refractivity contribution is 5.32. The lowest BCUT2D eigenvalue weighted by atomic mass is 9.65. The molecule has 1 aliphatic carbocycles. The molecule has 0 saturated heterocycles. The molecule has 1 heteroatoms. The average Bonchev–Trinajstić information content (AvgIpc) is 2.37. The Morgan fingerprint density at radius 2 is 1.62 bits per heavy atom. The lowest BCUT2D eigenvalue weighted by Gasteiger charge is -2.38. The minimum Gasteiger partial charge on any atom is -0.393 e. The Bertz CT molecular complexity index is 377. The van der Waals surface area contributed by atoms with Gasteiger partial charge in [0.05, 0.1) is 6.10 Å². The second kappa shape index (κ2) is 3.59. The Morgan fingerprint density at radius 3 is 2.06 bits per heavy atom. The molecule has 88 valence electrons. The molecule has 0 heterocycles. The highest BCUT2D eigenvalue weighted by Crippen LogP contribution is 2.53. The molecular formula is C15H22O. The summed E-state index contributed by atoms with van der Waals surface area (Å²) in [7, 11) is 0. The summed E-state index contributed by atoms with van der Waals surface area (Å²) in [6.45, 7) is 8.93. The Morgan fingerprint density at radius 1 is 1.06 bits per heavy atom. The number of aryl methyl sites for hydroxylation is 1. The summed E-state index contributed by atoms with van der Waals surface area (Å²) in [5, 5.41) is 9.92. The highest BCUT2D eigenvalue weighted by Gasteiger charge is 2.49. The van der Waals surface area contributed by atoms with Gasteiger partial charge in [0.2, 0.25) is 0 Å². The molecule has 1 aliphatic rings. The van der Waals surface area contributed by atoms with Gasteiger partial charge in [-0.1, -0.05) is 50.6 Å². The topological polar surface area (TPSA) is 20.2 Å². The molecule has 0 spiro atoms. The van der Waals surface area contributed by atoms with Crippen LogP contribution in [0.5, 0.6) is 0 Å². The van der Waals surface area contributed by atoms with Crippen molar-refractivity contribution in [1.82, 2.24) is 0 Å². The molecule has 0 aliphatic heterocycles. The van der Waals surface area contributed by atoms with Crippen molar-refractivity contribution < 1.29 is 5.11 Å². The molecule has 0 bridgehead atoms. The minimum atomic E-state index is -0.152. The minimum absolute atomic E-state index is 0.0973. The second-order valence-corrected chi connectivity index (χ2v) is 6.14. The molecule has 0 amide bonds. The predicted molar refractivity (Wildman–Crippen MR) is 67.6 cm³/mol. The number of aliphatic hydroxyl groups is 1. The van der Waals surface area contributed by atoms with Crippen molar-refractivity contribution in [3.8, 4) is 0 Å². The van der Waals surface area contributed by atoms with E-state index in [1.54, 1.807) is 0 Å². The average molecular weight is 218 g/mol. The van der Waals surface area contributed by atoms with Gasteiger partial charge in [0, 0.05) is 5.41 Å². The van der Waals surface area contributed by atoms with Crippen molar-refractivity contribution >= 4 is 0 Å². The molecule has 16 heavy (non-hydrogen) atoms. The van der Waals surface area contributed by atoms with Crippen LogP contribution >= 0.6 is 0 Å². The third-order valence-corrected chi connectivity index (χ3v) is 4.57. The van der Waals surface area contributed by atoms with Gasteiger partial charge in [0.25, 0.3) is 0 Å². The van der Waals surface area contributed by atoms with Gasteiger partial charge < -0.3 is 5.11 Å². The molecular weight excluding hydrogens is 196 g/mol. The van der Waals surface area contributed by atoms with E-state index in [4.69, 9.17) is 0 Å². The molecule has 1 saturated carbocycles. The van der Waals surface area contributed by atoms with Crippen LogP contribution < -0.4 is 0 Å². The first-order valence-corrected chi connectivity index (χ1v) is 6.10. The Labute approximate surface area is 98.5 Å². The van der Waals surface area contributed by atoms with Crippen LogP contribution in [0, 0.1) is 12.3 Å². The zero-order chi connectivity index (χ0) is 12.0. The molecule has 0 radical (unpaired) electrons. The monoisotopic (exact) mass is 218 g/mol. The molecule has 1 fully saturated rings. The Kier molecular flexibility index (Phi) is 2.62. The SMILES string of the molecule is Cc1ccc([C@]2(C)C[C@@H](O)CC2(C)C)cc1. The van der Waals surface area contributed by atoms with E-state index in [0.717, 1.165) is 12.8 Å². The van der Waals surface area contributed by atoms with E-state index in [1.807, 2.05) is 0 Å². The predicted octanol–water partition coefficient (Wildman–Crippen LogP) is 3.43. The first kappa shape index (κ1) is 11.7. The van der Waals surface area contributed by atoms with Crippen LogP contribution in [0.2, 0.25) is 0 Å². The normalized spacial score (nSPS) is 32.9. The number of rotatable bonds is 1. The zero-order valence-electron chi connectivity index (χ0n) is 10.7. The lowest BCUT2D eigenvalue weighted by molar-refractivity contribution is 0.168. The standard InChI is InChI=1S/C15H22O/c1-11-5-7-12(8-6-11)15(4)10-13(16)9-14(15,2)3/h5-8,13,16H,9-10H2,1-4H3/t13-,15-/m0/s1. The van der Waals surface area contributed by atoms with Crippen molar-refractivity contribution in [2.24, 2.45) is 5.41 Å². The molecule has 1 N–H and O–H groups in total. The molecule has 1 aromatic rings. The number of aliphatic hydroxyl groups excluding tert-OH is 1. The van der Waals surface area contributed by atoms with Gasteiger partial charge in [-0.3, -0.25) is 0 Å². The van der Waals surface area contributed by atoms with E-state index in [2.05, 4.69) is 52.0 Å². The second-order valence-electron chi connectivity index (χ2n) is 6.14. The summed E-state index contributed by atoms with van der Waals surface area (Å²) in [5.41, 5.74) is 2.92.